The van der Waals surface area contributed by atoms with Gasteiger partial charge in [-0.25, -0.2) is 0 Å². The summed E-state index contributed by atoms with van der Waals surface area (Å²) in [6.45, 7) is 2.73. The van der Waals surface area contributed by atoms with E-state index in [1.54, 1.807) is 48.5 Å². The van der Waals surface area contributed by atoms with E-state index in [4.69, 9.17) is 14.8 Å². The highest BCUT2D eigenvalue weighted by molar-refractivity contribution is 6.58. The lowest BCUT2D eigenvalue weighted by Crippen LogP contribution is -2.29. The lowest BCUT2D eigenvalue weighted by atomic mass is 9.80. The normalized spacial score (nSPS) is 10.2. The zero-order valence-electron chi connectivity index (χ0n) is 13.0. The topological polar surface area (TPSA) is 78.8 Å². The molecule has 0 bridgehead atoms. The summed E-state index contributed by atoms with van der Waals surface area (Å²) in [4.78, 5) is 12.0. The van der Waals surface area contributed by atoms with Crippen LogP contribution in [0, 0.1) is 0 Å². The molecule has 1 amide bonds. The van der Waals surface area contributed by atoms with Crippen LogP contribution in [-0.4, -0.2) is 29.6 Å². The zero-order valence-corrected chi connectivity index (χ0v) is 13.0. The number of nitrogens with one attached hydrogen (secondary N) is 1. The molecule has 0 aliphatic rings. The Morgan fingerprint density at radius 1 is 1.17 bits per heavy atom. The molecule has 0 saturated carbocycles. The minimum Gasteiger partial charge on any atom is -0.457 e. The van der Waals surface area contributed by atoms with E-state index in [0.29, 0.717) is 29.1 Å². The van der Waals surface area contributed by atoms with Crippen LogP contribution in [0.3, 0.4) is 0 Å². The van der Waals surface area contributed by atoms with Crippen LogP contribution in [0.5, 0.6) is 11.5 Å². The first-order valence-corrected chi connectivity index (χ1v) is 7.62. The molecule has 23 heavy (non-hydrogen) atoms. The second-order valence-electron chi connectivity index (χ2n) is 5.18. The summed E-state index contributed by atoms with van der Waals surface area (Å²) in [6, 6.07) is 13.4. The van der Waals surface area contributed by atoms with Crippen molar-refractivity contribution in [1.82, 2.24) is 5.32 Å². The molecule has 2 rings (SSSR count). The number of hydrogen-bond acceptors (Lipinski definition) is 4. The molecular weight excluding hydrogens is 293 g/mol. The van der Waals surface area contributed by atoms with Crippen LogP contribution in [0.1, 0.15) is 31.6 Å². The molecule has 0 heterocycles. The van der Waals surface area contributed by atoms with Crippen LogP contribution in [0.4, 0.5) is 0 Å². The minimum atomic E-state index is -1.50. The lowest BCUT2D eigenvalue weighted by Gasteiger charge is -2.09. The zero-order chi connectivity index (χ0) is 16.7. The standard InChI is InChI=1S/C17H20BNO4.H2/c1-2-3-11-19-17(20)13-5-4-6-16(12-13)23-15-9-7-14(8-10-15)18(21)22;/h4-10,12,21-22H,2-3,11H2,1H3,(H,19,20);1H. The lowest BCUT2D eigenvalue weighted by molar-refractivity contribution is 0.0953. The smallest absolute Gasteiger partial charge is 0.457 e. The van der Waals surface area contributed by atoms with E-state index in [1.165, 1.54) is 0 Å². The number of rotatable bonds is 7. The summed E-state index contributed by atoms with van der Waals surface area (Å²) in [5.74, 6) is 0.978. The number of carbonyl (C=O) groups excluding carboxylic acids is 1. The Bertz CT molecular complexity index is 649. The molecule has 3 N–H and O–H groups in total. The van der Waals surface area contributed by atoms with Gasteiger partial charge < -0.3 is 20.1 Å². The molecule has 5 nitrogen and oxygen atoms in total. The van der Waals surface area contributed by atoms with Crippen molar-refractivity contribution in [3.8, 4) is 11.5 Å². The molecule has 2 aromatic rings. The Morgan fingerprint density at radius 2 is 1.91 bits per heavy atom. The maximum Gasteiger partial charge on any atom is 0.488 e. The molecule has 0 atom stereocenters. The molecule has 0 radical (unpaired) electrons. The van der Waals surface area contributed by atoms with Gasteiger partial charge in [-0.2, -0.15) is 0 Å². The Balaban J connectivity index is 0.00000288. The van der Waals surface area contributed by atoms with Gasteiger partial charge in [-0.1, -0.05) is 31.5 Å². The van der Waals surface area contributed by atoms with Crippen molar-refractivity contribution in [2.24, 2.45) is 0 Å². The Kier molecular flexibility index (Phi) is 6.20. The summed E-state index contributed by atoms with van der Waals surface area (Å²) in [7, 11) is -1.50. The molecular formula is C17H22BNO4. The van der Waals surface area contributed by atoms with Crippen molar-refractivity contribution in [3.05, 3.63) is 54.1 Å². The molecule has 6 heteroatoms. The maximum atomic E-state index is 12.0. The fourth-order valence-corrected chi connectivity index (χ4v) is 2.03. The van der Waals surface area contributed by atoms with Crippen LogP contribution < -0.4 is 15.5 Å². The fourth-order valence-electron chi connectivity index (χ4n) is 2.03. The number of hydrogen-bond donors (Lipinski definition) is 3. The van der Waals surface area contributed by atoms with E-state index < -0.39 is 7.12 Å². The van der Waals surface area contributed by atoms with Crippen molar-refractivity contribution in [2.75, 3.05) is 6.54 Å². The van der Waals surface area contributed by atoms with Gasteiger partial charge in [-0.05, 0) is 42.2 Å². The summed E-state index contributed by atoms with van der Waals surface area (Å²) in [5, 5.41) is 21.0. The van der Waals surface area contributed by atoms with E-state index >= 15 is 0 Å². The first-order valence-electron chi connectivity index (χ1n) is 7.62. The number of unbranched alkanes of at least 4 members (excludes halogenated alkanes) is 1. The summed E-state index contributed by atoms with van der Waals surface area (Å²) in [6.07, 6.45) is 1.98. The average molecular weight is 315 g/mol. The molecule has 0 saturated heterocycles. The van der Waals surface area contributed by atoms with Crippen LogP contribution in [-0.2, 0) is 0 Å². The van der Waals surface area contributed by atoms with Gasteiger partial charge >= 0.3 is 7.12 Å². The van der Waals surface area contributed by atoms with Crippen LogP contribution >= 0.6 is 0 Å². The number of ether oxygens (including phenoxy) is 1. The highest BCUT2D eigenvalue weighted by Crippen LogP contribution is 2.21. The molecule has 0 aliphatic heterocycles. The third kappa shape index (κ3) is 5.12. The van der Waals surface area contributed by atoms with E-state index in [9.17, 15) is 4.79 Å². The fraction of sp³-hybridized carbons (Fsp3) is 0.235. The van der Waals surface area contributed by atoms with Gasteiger partial charge in [0.25, 0.3) is 5.91 Å². The molecule has 0 aromatic heterocycles. The van der Waals surface area contributed by atoms with E-state index in [-0.39, 0.29) is 7.33 Å². The number of benzene rings is 2. The van der Waals surface area contributed by atoms with Crippen LogP contribution in [0.15, 0.2) is 48.5 Å². The third-order valence-corrected chi connectivity index (χ3v) is 3.33. The highest BCUT2D eigenvalue weighted by Gasteiger charge is 2.10. The van der Waals surface area contributed by atoms with Gasteiger partial charge in [-0.3, -0.25) is 4.79 Å². The van der Waals surface area contributed by atoms with Gasteiger partial charge in [0.15, 0.2) is 0 Å². The average Bonchev–Trinajstić information content (AvgIpc) is 2.56. The number of carbonyl (C=O) groups is 1. The summed E-state index contributed by atoms with van der Waals surface area (Å²) >= 11 is 0. The van der Waals surface area contributed by atoms with Crippen LogP contribution in [0.2, 0.25) is 0 Å². The molecule has 0 aliphatic carbocycles. The SMILES string of the molecule is CCCCNC(=O)c1cccc(Oc2ccc(B(O)O)cc2)c1.[HH]. The van der Waals surface area contributed by atoms with Gasteiger partial charge in [0.2, 0.25) is 0 Å². The first kappa shape index (κ1) is 17.1. The quantitative estimate of drug-likeness (QED) is 0.539. The van der Waals surface area contributed by atoms with E-state index in [1.807, 2.05) is 0 Å². The van der Waals surface area contributed by atoms with Crippen molar-refractivity contribution < 1.29 is 21.0 Å². The van der Waals surface area contributed by atoms with Crippen molar-refractivity contribution in [2.45, 2.75) is 19.8 Å². The van der Waals surface area contributed by atoms with Gasteiger partial charge in [-0.15, -0.1) is 0 Å². The Labute approximate surface area is 137 Å². The predicted molar refractivity (Wildman–Crippen MR) is 92.1 cm³/mol. The Morgan fingerprint density at radius 3 is 2.57 bits per heavy atom. The third-order valence-electron chi connectivity index (χ3n) is 3.33. The minimum absolute atomic E-state index is 0. The molecule has 0 spiro atoms. The molecule has 0 fully saturated rings. The molecule has 2 aromatic carbocycles. The second kappa shape index (κ2) is 8.36. The van der Waals surface area contributed by atoms with Gasteiger partial charge in [0.05, 0.1) is 0 Å². The second-order valence-corrected chi connectivity index (χ2v) is 5.18. The van der Waals surface area contributed by atoms with Crippen molar-refractivity contribution in [3.63, 3.8) is 0 Å². The van der Waals surface area contributed by atoms with Gasteiger partial charge in [0.1, 0.15) is 11.5 Å². The van der Waals surface area contributed by atoms with Crippen molar-refractivity contribution in [1.29, 1.82) is 0 Å². The summed E-state index contributed by atoms with van der Waals surface area (Å²) in [5.41, 5.74) is 0.933. The van der Waals surface area contributed by atoms with Crippen LogP contribution in [0.25, 0.3) is 0 Å². The van der Waals surface area contributed by atoms with E-state index in [2.05, 4.69) is 12.2 Å². The van der Waals surface area contributed by atoms with Crippen molar-refractivity contribution >= 4 is 18.5 Å². The first-order chi connectivity index (χ1) is 11.1. The monoisotopic (exact) mass is 315 g/mol. The Hall–Kier alpha value is -2.31. The molecule has 0 unspecified atom stereocenters. The van der Waals surface area contributed by atoms with Gasteiger partial charge in [0, 0.05) is 13.5 Å². The maximum absolute atomic E-state index is 12.0. The predicted octanol–water partition coefficient (Wildman–Crippen LogP) is 1.93. The highest BCUT2D eigenvalue weighted by atomic mass is 16.5. The summed E-state index contributed by atoms with van der Waals surface area (Å²) < 4.78 is 5.69. The largest absolute Gasteiger partial charge is 0.488 e. The van der Waals surface area contributed by atoms with E-state index in [0.717, 1.165) is 12.8 Å². The molecule has 122 valence electrons. The number of amides is 1.